The fraction of sp³-hybridized carbons (Fsp3) is 0.375. The van der Waals surface area contributed by atoms with Crippen molar-refractivity contribution in [1.29, 1.82) is 0 Å². The van der Waals surface area contributed by atoms with Gasteiger partial charge in [-0.15, -0.1) is 0 Å². The molecule has 0 saturated carbocycles. The molecule has 0 spiro atoms. The Bertz CT molecular complexity index is 227. The summed E-state index contributed by atoms with van der Waals surface area (Å²) in [6, 6.07) is 3.61. The quantitative estimate of drug-likeness (QED) is 0.696. The molecule has 1 aromatic heterocycles. The van der Waals surface area contributed by atoms with Gasteiger partial charge in [0, 0.05) is 12.8 Å². The van der Waals surface area contributed by atoms with Gasteiger partial charge in [-0.05, 0) is 19.1 Å². The predicted octanol–water partition coefficient (Wildman–Crippen LogP) is 2.27. The number of hydrogen-bond acceptors (Lipinski definition) is 2. The molecule has 0 unspecified atom stereocenters. The first kappa shape index (κ1) is 8.50. The molecular formula is C8H10ClNO. The van der Waals surface area contributed by atoms with Crippen molar-refractivity contribution in [3.05, 3.63) is 29.0 Å². The second-order valence-electron chi connectivity index (χ2n) is 2.07. The van der Waals surface area contributed by atoms with Gasteiger partial charge >= 0.3 is 0 Å². The van der Waals surface area contributed by atoms with Crippen LogP contribution >= 0.6 is 11.6 Å². The molecule has 2 nitrogen and oxygen atoms in total. The minimum atomic E-state index is 0.496. The highest BCUT2D eigenvalue weighted by molar-refractivity contribution is 6.31. The monoisotopic (exact) mass is 171 g/mol. The van der Waals surface area contributed by atoms with Crippen LogP contribution in [0.5, 0.6) is 0 Å². The van der Waals surface area contributed by atoms with Gasteiger partial charge in [-0.3, -0.25) is 4.98 Å². The highest BCUT2D eigenvalue weighted by atomic mass is 35.5. The van der Waals surface area contributed by atoms with Crippen molar-refractivity contribution in [3.8, 4) is 0 Å². The average molecular weight is 172 g/mol. The van der Waals surface area contributed by atoms with Crippen LogP contribution < -0.4 is 0 Å². The van der Waals surface area contributed by atoms with Gasteiger partial charge in [0.15, 0.2) is 0 Å². The van der Waals surface area contributed by atoms with Crippen LogP contribution in [0.2, 0.25) is 5.02 Å². The lowest BCUT2D eigenvalue weighted by molar-refractivity contribution is 0.131. The molecule has 0 aliphatic heterocycles. The number of hydrogen-bond donors (Lipinski definition) is 0. The smallest absolute Gasteiger partial charge is 0.0902 e. The molecule has 11 heavy (non-hydrogen) atoms. The van der Waals surface area contributed by atoms with Gasteiger partial charge in [0.2, 0.25) is 0 Å². The molecule has 0 N–H and O–H groups in total. The van der Waals surface area contributed by atoms with Gasteiger partial charge in [-0.1, -0.05) is 11.6 Å². The Hall–Kier alpha value is -0.600. The van der Waals surface area contributed by atoms with Crippen molar-refractivity contribution < 1.29 is 4.74 Å². The van der Waals surface area contributed by atoms with Gasteiger partial charge in [0.25, 0.3) is 0 Å². The maximum atomic E-state index is 5.82. The van der Waals surface area contributed by atoms with Crippen LogP contribution in [-0.4, -0.2) is 11.6 Å². The summed E-state index contributed by atoms with van der Waals surface area (Å²) in [7, 11) is 0. The summed E-state index contributed by atoms with van der Waals surface area (Å²) in [6.07, 6.45) is 1.71. The molecule has 0 saturated heterocycles. The molecule has 0 fully saturated rings. The third-order valence-corrected chi connectivity index (χ3v) is 1.62. The van der Waals surface area contributed by atoms with E-state index in [-0.39, 0.29) is 0 Å². The molecule has 1 rings (SSSR count). The Morgan fingerprint density at radius 1 is 1.64 bits per heavy atom. The molecule has 1 heterocycles. The van der Waals surface area contributed by atoms with E-state index in [4.69, 9.17) is 16.3 Å². The zero-order valence-electron chi connectivity index (χ0n) is 6.38. The molecule has 0 radical (unpaired) electrons. The highest BCUT2D eigenvalue weighted by Gasteiger charge is 1.98. The van der Waals surface area contributed by atoms with E-state index >= 15 is 0 Å². The first-order chi connectivity index (χ1) is 5.34. The van der Waals surface area contributed by atoms with Crippen LogP contribution in [0, 0.1) is 0 Å². The van der Waals surface area contributed by atoms with Gasteiger partial charge in [-0.25, -0.2) is 0 Å². The Morgan fingerprint density at radius 3 is 3.09 bits per heavy atom. The third kappa shape index (κ3) is 2.48. The molecule has 0 atom stereocenters. The summed E-state index contributed by atoms with van der Waals surface area (Å²) in [5.41, 5.74) is 0.802. The normalized spacial score (nSPS) is 10.0. The lowest BCUT2D eigenvalue weighted by Crippen LogP contribution is -1.95. The number of aromatic nitrogens is 1. The van der Waals surface area contributed by atoms with E-state index in [0.29, 0.717) is 18.2 Å². The van der Waals surface area contributed by atoms with Crippen LogP contribution in [0.25, 0.3) is 0 Å². The van der Waals surface area contributed by atoms with Gasteiger partial charge in [-0.2, -0.15) is 0 Å². The Balaban J connectivity index is 2.62. The average Bonchev–Trinajstić information content (AvgIpc) is 2.03. The maximum absolute atomic E-state index is 5.82. The van der Waals surface area contributed by atoms with Crippen LogP contribution in [0.1, 0.15) is 12.6 Å². The Morgan fingerprint density at radius 2 is 2.45 bits per heavy atom. The minimum Gasteiger partial charge on any atom is -0.375 e. The Kier molecular flexibility index (Phi) is 3.33. The maximum Gasteiger partial charge on any atom is 0.0902 e. The minimum absolute atomic E-state index is 0.496. The molecule has 0 aliphatic rings. The van der Waals surface area contributed by atoms with Crippen LogP contribution in [0.4, 0.5) is 0 Å². The largest absolute Gasteiger partial charge is 0.375 e. The highest BCUT2D eigenvalue weighted by Crippen LogP contribution is 2.12. The summed E-state index contributed by atoms with van der Waals surface area (Å²) in [6.45, 7) is 3.12. The van der Waals surface area contributed by atoms with Crippen molar-refractivity contribution in [3.63, 3.8) is 0 Å². The SMILES string of the molecule is CCOCc1ncccc1Cl. The van der Waals surface area contributed by atoms with E-state index in [1.165, 1.54) is 0 Å². The van der Waals surface area contributed by atoms with E-state index < -0.39 is 0 Å². The molecule has 0 aromatic carbocycles. The number of rotatable bonds is 3. The summed E-state index contributed by atoms with van der Waals surface area (Å²) < 4.78 is 5.15. The summed E-state index contributed by atoms with van der Waals surface area (Å²) in [5, 5.41) is 0.668. The number of ether oxygens (including phenoxy) is 1. The van der Waals surface area contributed by atoms with E-state index in [2.05, 4.69) is 4.98 Å². The summed E-state index contributed by atoms with van der Waals surface area (Å²) >= 11 is 5.82. The molecule has 60 valence electrons. The van der Waals surface area contributed by atoms with Crippen molar-refractivity contribution in [2.75, 3.05) is 6.61 Å². The fourth-order valence-electron chi connectivity index (χ4n) is 0.723. The Labute approximate surface area is 71.2 Å². The standard InChI is InChI=1S/C8H10ClNO/c1-2-11-6-8-7(9)4-3-5-10-8/h3-5H,2,6H2,1H3. The van der Waals surface area contributed by atoms with E-state index in [1.807, 2.05) is 13.0 Å². The van der Waals surface area contributed by atoms with Crippen LogP contribution in [0.3, 0.4) is 0 Å². The molecular weight excluding hydrogens is 162 g/mol. The number of halogens is 1. The molecule has 0 aliphatic carbocycles. The topological polar surface area (TPSA) is 22.1 Å². The molecule has 1 aromatic rings. The van der Waals surface area contributed by atoms with Gasteiger partial charge in [0.05, 0.1) is 17.3 Å². The zero-order valence-corrected chi connectivity index (χ0v) is 7.14. The second kappa shape index (κ2) is 4.31. The molecule has 0 amide bonds. The first-order valence-electron chi connectivity index (χ1n) is 3.51. The second-order valence-corrected chi connectivity index (χ2v) is 2.48. The van der Waals surface area contributed by atoms with Crippen LogP contribution in [-0.2, 0) is 11.3 Å². The van der Waals surface area contributed by atoms with Crippen LogP contribution in [0.15, 0.2) is 18.3 Å². The lowest BCUT2D eigenvalue weighted by Gasteiger charge is -2.01. The van der Waals surface area contributed by atoms with Gasteiger partial charge in [0.1, 0.15) is 0 Å². The fourth-order valence-corrected chi connectivity index (χ4v) is 0.899. The van der Waals surface area contributed by atoms with Crippen molar-refractivity contribution in [2.45, 2.75) is 13.5 Å². The zero-order chi connectivity index (χ0) is 8.10. The van der Waals surface area contributed by atoms with E-state index in [0.717, 1.165) is 5.69 Å². The first-order valence-corrected chi connectivity index (χ1v) is 3.89. The molecule has 3 heteroatoms. The van der Waals surface area contributed by atoms with Crippen molar-refractivity contribution in [1.82, 2.24) is 4.98 Å². The van der Waals surface area contributed by atoms with Crippen molar-refractivity contribution in [2.24, 2.45) is 0 Å². The predicted molar refractivity (Wildman–Crippen MR) is 44.6 cm³/mol. The van der Waals surface area contributed by atoms with Crippen molar-refractivity contribution >= 4 is 11.6 Å². The summed E-state index contributed by atoms with van der Waals surface area (Å²) in [4.78, 5) is 4.06. The third-order valence-electron chi connectivity index (χ3n) is 1.28. The number of nitrogens with zero attached hydrogens (tertiary/aromatic N) is 1. The van der Waals surface area contributed by atoms with E-state index in [9.17, 15) is 0 Å². The molecule has 0 bridgehead atoms. The summed E-state index contributed by atoms with van der Waals surface area (Å²) in [5.74, 6) is 0. The van der Waals surface area contributed by atoms with Gasteiger partial charge < -0.3 is 4.74 Å². The lowest BCUT2D eigenvalue weighted by atomic mass is 10.4. The van der Waals surface area contributed by atoms with E-state index in [1.54, 1.807) is 12.3 Å². The number of pyridine rings is 1.